The van der Waals surface area contributed by atoms with Crippen LogP contribution in [0.3, 0.4) is 0 Å². The van der Waals surface area contributed by atoms with Crippen LogP contribution in [0.4, 0.5) is 17.6 Å². The van der Waals surface area contributed by atoms with Crippen LogP contribution in [-0.4, -0.2) is 67.3 Å². The van der Waals surface area contributed by atoms with E-state index in [1.807, 2.05) is 0 Å². The number of hydrogen-bond donors (Lipinski definition) is 1. The molecule has 43 heavy (non-hydrogen) atoms. The van der Waals surface area contributed by atoms with Gasteiger partial charge < -0.3 is 14.2 Å². The second-order valence-electron chi connectivity index (χ2n) is 14.5. The third kappa shape index (κ3) is 4.46. The number of alkyl halides is 4. The number of fused-ring (bicyclic) bond motifs is 1. The molecule has 7 saturated carbocycles. The average Bonchev–Trinajstić information content (AvgIpc) is 3.52. The van der Waals surface area contributed by atoms with Gasteiger partial charge in [0, 0.05) is 24.7 Å². The van der Waals surface area contributed by atoms with Gasteiger partial charge in [-0.25, -0.2) is 0 Å². The van der Waals surface area contributed by atoms with Crippen molar-refractivity contribution in [2.45, 2.75) is 94.7 Å². The minimum atomic E-state index is -4.36. The van der Waals surface area contributed by atoms with Crippen LogP contribution < -0.4 is 0 Å². The van der Waals surface area contributed by atoms with E-state index < -0.39 is 106 Å². The third-order valence-corrected chi connectivity index (χ3v) is 13.2. The molecule has 0 aromatic heterocycles. The predicted octanol–water partition coefficient (Wildman–Crippen LogP) is 4.18. The van der Waals surface area contributed by atoms with Gasteiger partial charge in [-0.05, 0) is 81.0 Å². The van der Waals surface area contributed by atoms with Crippen LogP contribution in [0.5, 0.6) is 0 Å². The van der Waals surface area contributed by atoms with Gasteiger partial charge in [-0.2, -0.15) is 26.0 Å². The van der Waals surface area contributed by atoms with Crippen molar-refractivity contribution in [3.63, 3.8) is 0 Å². The molecule has 8 aliphatic rings. The molecule has 8 unspecified atom stereocenters. The molecular weight excluding hydrogens is 600 g/mol. The number of carbonyl (C=O) groups is 3. The smallest absolute Gasteiger partial charge is 0.312 e. The Labute approximate surface area is 246 Å². The van der Waals surface area contributed by atoms with Crippen LogP contribution in [0.25, 0.3) is 0 Å². The second-order valence-corrected chi connectivity index (χ2v) is 16.0. The van der Waals surface area contributed by atoms with Gasteiger partial charge in [-0.15, -0.1) is 0 Å². The summed E-state index contributed by atoms with van der Waals surface area (Å²) in [6.45, 7) is -0.584. The van der Waals surface area contributed by atoms with Crippen molar-refractivity contribution in [1.29, 1.82) is 0 Å². The molecule has 14 heteroatoms. The van der Waals surface area contributed by atoms with E-state index in [4.69, 9.17) is 18.8 Å². The zero-order chi connectivity index (χ0) is 30.7. The first kappa shape index (κ1) is 29.7. The first-order valence-electron chi connectivity index (χ1n) is 15.3. The number of carbonyl (C=O) groups excluding carboxylic acids is 3. The maximum Gasteiger partial charge on any atom is 0.312 e. The Morgan fingerprint density at radius 3 is 2.28 bits per heavy atom. The largest absolute Gasteiger partial charge is 0.464 e. The Hall–Kier alpha value is -1.96. The molecule has 0 aromatic carbocycles. The molecule has 1 aliphatic heterocycles. The van der Waals surface area contributed by atoms with Crippen LogP contribution in [-0.2, 0) is 38.7 Å². The van der Waals surface area contributed by atoms with Gasteiger partial charge in [0.15, 0.2) is 0 Å². The van der Waals surface area contributed by atoms with Crippen molar-refractivity contribution in [1.82, 2.24) is 0 Å². The van der Waals surface area contributed by atoms with Gasteiger partial charge in [-0.3, -0.25) is 18.9 Å². The van der Waals surface area contributed by atoms with Crippen molar-refractivity contribution < 1.29 is 59.1 Å². The number of esters is 3. The zero-order valence-corrected chi connectivity index (χ0v) is 24.3. The Bertz CT molecular complexity index is 1320. The highest BCUT2D eigenvalue weighted by Crippen LogP contribution is 2.71. The standard InChI is InChI=1S/C29H36F4O9S/c30-28(31)3-1-2-27(4-5-29(28,32)33)15-8-14-9-16(27)13-26(11-14,12-15)25(36)42-22-17-10-18-20(24(35)41-21(18)22)19(17)23(34)40-6-7-43(37,38)39/h14-22H,1-13H2,(H,37,38,39). The van der Waals surface area contributed by atoms with Crippen LogP contribution in [0, 0.1) is 52.3 Å². The fraction of sp³-hybridized carbons (Fsp3) is 0.897. The molecule has 8 atom stereocenters. The lowest BCUT2D eigenvalue weighted by Gasteiger charge is -2.65. The topological polar surface area (TPSA) is 133 Å². The lowest BCUT2D eigenvalue weighted by molar-refractivity contribution is -0.241. The van der Waals surface area contributed by atoms with Crippen LogP contribution in [0.15, 0.2) is 0 Å². The summed E-state index contributed by atoms with van der Waals surface area (Å²) in [5.74, 6) is -13.2. The Kier molecular flexibility index (Phi) is 6.59. The fourth-order valence-corrected chi connectivity index (χ4v) is 11.1. The molecule has 7 aliphatic carbocycles. The first-order chi connectivity index (χ1) is 20.1. The lowest BCUT2D eigenvalue weighted by atomic mass is 9.39. The summed E-state index contributed by atoms with van der Waals surface area (Å²) in [5.41, 5.74) is -1.34. The summed E-state index contributed by atoms with van der Waals surface area (Å²) in [6.07, 6.45) is 0.629. The molecule has 240 valence electrons. The highest BCUT2D eigenvalue weighted by Gasteiger charge is 2.72. The van der Waals surface area contributed by atoms with Crippen LogP contribution >= 0.6 is 0 Å². The van der Waals surface area contributed by atoms with E-state index in [0.717, 1.165) is 12.8 Å². The molecule has 1 heterocycles. The van der Waals surface area contributed by atoms with E-state index in [2.05, 4.69) is 0 Å². The molecule has 0 aromatic rings. The average molecular weight is 637 g/mol. The molecule has 8 fully saturated rings. The van der Waals surface area contributed by atoms with Gasteiger partial charge in [-0.1, -0.05) is 0 Å². The molecule has 1 N–H and O–H groups in total. The molecule has 8 rings (SSSR count). The predicted molar refractivity (Wildman–Crippen MR) is 137 cm³/mol. The van der Waals surface area contributed by atoms with Crippen molar-refractivity contribution in [3.05, 3.63) is 0 Å². The Morgan fingerprint density at radius 2 is 1.60 bits per heavy atom. The fourth-order valence-electron chi connectivity index (χ4n) is 10.8. The summed E-state index contributed by atoms with van der Waals surface area (Å²) >= 11 is 0. The molecule has 0 radical (unpaired) electrons. The monoisotopic (exact) mass is 636 g/mol. The minimum Gasteiger partial charge on any atom is -0.464 e. The minimum absolute atomic E-state index is 0.00986. The number of ether oxygens (including phenoxy) is 3. The number of halogens is 4. The maximum absolute atomic E-state index is 14.5. The Morgan fingerprint density at radius 1 is 0.930 bits per heavy atom. The van der Waals surface area contributed by atoms with E-state index in [0.29, 0.717) is 32.1 Å². The second kappa shape index (κ2) is 9.53. The summed E-state index contributed by atoms with van der Waals surface area (Å²) in [4.78, 5) is 39.7. The highest BCUT2D eigenvalue weighted by molar-refractivity contribution is 7.85. The summed E-state index contributed by atoms with van der Waals surface area (Å²) < 4.78 is 105. The molecular formula is C29H36F4O9S. The first-order valence-corrected chi connectivity index (χ1v) is 17.0. The SMILES string of the molecule is O=C1OC2C3CC(C2OC(=O)C24CC5CC(C2)C2(CCCC(F)(F)C(F)(F)CC2)C(C5)C4)C(C(=O)OCCS(=O)(=O)O)C13. The van der Waals surface area contributed by atoms with Gasteiger partial charge >= 0.3 is 29.8 Å². The van der Waals surface area contributed by atoms with Crippen molar-refractivity contribution in [3.8, 4) is 0 Å². The van der Waals surface area contributed by atoms with Crippen molar-refractivity contribution in [2.24, 2.45) is 52.3 Å². The molecule has 9 nitrogen and oxygen atoms in total. The summed E-state index contributed by atoms with van der Waals surface area (Å²) in [7, 11) is -4.36. The van der Waals surface area contributed by atoms with E-state index in [9.17, 15) is 40.4 Å². The molecule has 1 saturated heterocycles. The zero-order valence-electron chi connectivity index (χ0n) is 23.5. The van der Waals surface area contributed by atoms with E-state index in [-0.39, 0.29) is 36.5 Å². The Balaban J connectivity index is 1.08. The van der Waals surface area contributed by atoms with Crippen LogP contribution in [0.2, 0.25) is 0 Å². The summed E-state index contributed by atoms with van der Waals surface area (Å²) in [5, 5.41) is 0. The normalized spacial score (nSPS) is 46.8. The number of rotatable bonds is 6. The van der Waals surface area contributed by atoms with Gasteiger partial charge in [0.05, 0.1) is 17.3 Å². The van der Waals surface area contributed by atoms with Gasteiger partial charge in [0.1, 0.15) is 24.6 Å². The lowest BCUT2D eigenvalue weighted by Crippen LogP contribution is -2.61. The quantitative estimate of drug-likeness (QED) is 0.197. The van der Waals surface area contributed by atoms with E-state index in [1.54, 1.807) is 0 Å². The number of hydrogen-bond acceptors (Lipinski definition) is 8. The van der Waals surface area contributed by atoms with Crippen molar-refractivity contribution in [2.75, 3.05) is 12.4 Å². The maximum atomic E-state index is 14.5. The summed E-state index contributed by atoms with van der Waals surface area (Å²) in [6, 6.07) is 0. The van der Waals surface area contributed by atoms with Crippen molar-refractivity contribution >= 4 is 28.0 Å². The highest BCUT2D eigenvalue weighted by atomic mass is 32.2. The molecule has 0 amide bonds. The van der Waals surface area contributed by atoms with E-state index >= 15 is 0 Å². The molecule has 1 spiro atoms. The van der Waals surface area contributed by atoms with E-state index in [1.165, 1.54) is 0 Å². The van der Waals surface area contributed by atoms with Gasteiger partial charge in [0.2, 0.25) is 0 Å². The van der Waals surface area contributed by atoms with Gasteiger partial charge in [0.25, 0.3) is 10.1 Å². The molecule has 6 bridgehead atoms. The van der Waals surface area contributed by atoms with Crippen LogP contribution in [0.1, 0.15) is 70.6 Å². The third-order valence-electron chi connectivity index (χ3n) is 12.5.